The molecule has 1 aliphatic carbocycles. The van der Waals surface area contributed by atoms with Crippen LogP contribution in [0.1, 0.15) is 43.0 Å². The number of halogens is 2. The Morgan fingerprint density at radius 3 is 2.72 bits per heavy atom. The normalized spacial score (nSPS) is 30.2. The summed E-state index contributed by atoms with van der Waals surface area (Å²) in [7, 11) is 0. The SMILES string of the molecule is N#Cc1ccnc(OC2CC3(C2)O[C@@H]2CC[C@@H](c4cc(F)cc(F)c4)N2C3=O)n1. The molecule has 2 aromatic rings. The van der Waals surface area contributed by atoms with Crippen LogP contribution in [0.15, 0.2) is 30.5 Å². The molecule has 2 aliphatic heterocycles. The third-order valence-electron chi connectivity index (χ3n) is 5.72. The third kappa shape index (κ3) is 2.91. The van der Waals surface area contributed by atoms with Gasteiger partial charge in [0.1, 0.15) is 35.7 Å². The zero-order chi connectivity index (χ0) is 20.2. The van der Waals surface area contributed by atoms with Crippen LogP contribution < -0.4 is 4.74 Å². The summed E-state index contributed by atoms with van der Waals surface area (Å²) in [6, 6.07) is 6.41. The zero-order valence-electron chi connectivity index (χ0n) is 15.2. The first kappa shape index (κ1) is 17.9. The van der Waals surface area contributed by atoms with E-state index in [0.29, 0.717) is 31.2 Å². The Balaban J connectivity index is 1.30. The predicted octanol–water partition coefficient (Wildman–Crippen LogP) is 2.63. The second-order valence-electron chi connectivity index (χ2n) is 7.56. The van der Waals surface area contributed by atoms with Crippen LogP contribution in [0.3, 0.4) is 0 Å². The number of benzene rings is 1. The molecule has 7 nitrogen and oxygen atoms in total. The van der Waals surface area contributed by atoms with E-state index in [0.717, 1.165) is 6.07 Å². The third-order valence-corrected chi connectivity index (χ3v) is 5.72. The molecule has 0 N–H and O–H groups in total. The van der Waals surface area contributed by atoms with Gasteiger partial charge in [-0.25, -0.2) is 13.8 Å². The fourth-order valence-electron chi connectivity index (χ4n) is 4.45. The summed E-state index contributed by atoms with van der Waals surface area (Å²) in [4.78, 5) is 22.7. The van der Waals surface area contributed by atoms with Crippen LogP contribution in [-0.4, -0.2) is 38.7 Å². The summed E-state index contributed by atoms with van der Waals surface area (Å²) in [6.07, 6.45) is 2.59. The number of aromatic nitrogens is 2. The molecule has 1 saturated carbocycles. The minimum absolute atomic E-state index is 0.0861. The molecule has 5 rings (SSSR count). The van der Waals surface area contributed by atoms with E-state index in [1.54, 1.807) is 4.90 Å². The van der Waals surface area contributed by atoms with Crippen molar-refractivity contribution >= 4 is 5.91 Å². The van der Waals surface area contributed by atoms with E-state index in [1.165, 1.54) is 24.4 Å². The van der Waals surface area contributed by atoms with Gasteiger partial charge in [-0.2, -0.15) is 10.2 Å². The highest BCUT2D eigenvalue weighted by molar-refractivity contribution is 5.89. The monoisotopic (exact) mass is 398 g/mol. The van der Waals surface area contributed by atoms with Gasteiger partial charge >= 0.3 is 6.01 Å². The Morgan fingerprint density at radius 2 is 2.00 bits per heavy atom. The molecule has 9 heteroatoms. The number of hydrogen-bond acceptors (Lipinski definition) is 6. The highest BCUT2D eigenvalue weighted by Gasteiger charge is 2.63. The number of carbonyl (C=O) groups is 1. The quantitative estimate of drug-likeness (QED) is 0.790. The van der Waals surface area contributed by atoms with E-state index in [2.05, 4.69) is 9.97 Å². The summed E-state index contributed by atoms with van der Waals surface area (Å²) < 4.78 is 39.0. The summed E-state index contributed by atoms with van der Waals surface area (Å²) in [5.74, 6) is -1.51. The minimum Gasteiger partial charge on any atom is -0.460 e. The van der Waals surface area contributed by atoms with Gasteiger partial charge in [0, 0.05) is 25.1 Å². The van der Waals surface area contributed by atoms with E-state index in [-0.39, 0.29) is 23.7 Å². The lowest BCUT2D eigenvalue weighted by atomic mass is 9.76. The van der Waals surface area contributed by atoms with Gasteiger partial charge in [-0.3, -0.25) is 4.79 Å². The van der Waals surface area contributed by atoms with E-state index < -0.39 is 29.5 Å². The number of carbonyl (C=O) groups excluding carboxylic acids is 1. The molecule has 29 heavy (non-hydrogen) atoms. The number of nitrogens with zero attached hydrogens (tertiary/aromatic N) is 4. The van der Waals surface area contributed by atoms with Gasteiger partial charge in [0.2, 0.25) is 0 Å². The van der Waals surface area contributed by atoms with Crippen molar-refractivity contribution in [2.24, 2.45) is 0 Å². The average molecular weight is 398 g/mol. The van der Waals surface area contributed by atoms with E-state index in [4.69, 9.17) is 14.7 Å². The fraction of sp³-hybridized carbons (Fsp3) is 0.400. The van der Waals surface area contributed by atoms with E-state index >= 15 is 0 Å². The Morgan fingerprint density at radius 1 is 1.24 bits per heavy atom. The first-order valence-electron chi connectivity index (χ1n) is 9.34. The molecule has 1 aromatic carbocycles. The molecule has 0 unspecified atom stereocenters. The lowest BCUT2D eigenvalue weighted by Crippen LogP contribution is -2.56. The summed E-state index contributed by atoms with van der Waals surface area (Å²) in [6.45, 7) is 0. The lowest BCUT2D eigenvalue weighted by Gasteiger charge is -2.41. The molecule has 1 spiro atoms. The van der Waals surface area contributed by atoms with Crippen molar-refractivity contribution in [2.45, 2.75) is 49.7 Å². The molecule has 0 radical (unpaired) electrons. The first-order chi connectivity index (χ1) is 14.0. The molecule has 2 atom stereocenters. The maximum Gasteiger partial charge on any atom is 0.317 e. The first-order valence-corrected chi connectivity index (χ1v) is 9.34. The van der Waals surface area contributed by atoms with Crippen LogP contribution in [0, 0.1) is 23.0 Å². The number of fused-ring (bicyclic) bond motifs is 1. The smallest absolute Gasteiger partial charge is 0.317 e. The Hall–Kier alpha value is -3.12. The molecule has 3 fully saturated rings. The second-order valence-corrected chi connectivity index (χ2v) is 7.56. The Kier molecular flexibility index (Phi) is 3.99. The van der Waals surface area contributed by atoms with Gasteiger partial charge in [-0.05, 0) is 36.6 Å². The van der Waals surface area contributed by atoms with Crippen LogP contribution in [0.4, 0.5) is 8.78 Å². The van der Waals surface area contributed by atoms with Crippen molar-refractivity contribution in [3.63, 3.8) is 0 Å². The van der Waals surface area contributed by atoms with Gasteiger partial charge in [-0.15, -0.1) is 0 Å². The van der Waals surface area contributed by atoms with Crippen LogP contribution in [-0.2, 0) is 9.53 Å². The maximum absolute atomic E-state index is 13.6. The summed E-state index contributed by atoms with van der Waals surface area (Å²) in [5.41, 5.74) is -0.344. The number of ether oxygens (including phenoxy) is 2. The van der Waals surface area contributed by atoms with E-state index in [1.807, 2.05) is 6.07 Å². The van der Waals surface area contributed by atoms with Crippen molar-refractivity contribution < 1.29 is 23.0 Å². The van der Waals surface area contributed by atoms with Crippen LogP contribution in [0.5, 0.6) is 6.01 Å². The maximum atomic E-state index is 13.6. The molecule has 3 heterocycles. The van der Waals surface area contributed by atoms with Crippen LogP contribution in [0.2, 0.25) is 0 Å². The van der Waals surface area contributed by atoms with Crippen LogP contribution in [0.25, 0.3) is 0 Å². The van der Waals surface area contributed by atoms with Crippen molar-refractivity contribution in [3.05, 3.63) is 53.4 Å². The summed E-state index contributed by atoms with van der Waals surface area (Å²) >= 11 is 0. The fourth-order valence-corrected chi connectivity index (χ4v) is 4.45. The second kappa shape index (κ2) is 6.46. The van der Waals surface area contributed by atoms with Crippen molar-refractivity contribution in [3.8, 4) is 12.1 Å². The van der Waals surface area contributed by atoms with Gasteiger partial charge in [0.05, 0.1) is 6.04 Å². The largest absolute Gasteiger partial charge is 0.460 e. The molecule has 2 saturated heterocycles. The van der Waals surface area contributed by atoms with Gasteiger partial charge < -0.3 is 14.4 Å². The number of hydrogen-bond donors (Lipinski definition) is 0. The van der Waals surface area contributed by atoms with E-state index in [9.17, 15) is 13.6 Å². The number of amides is 1. The average Bonchev–Trinajstić information content (AvgIpc) is 3.19. The molecular weight excluding hydrogens is 382 g/mol. The molecule has 1 amide bonds. The highest BCUT2D eigenvalue weighted by atomic mass is 19.1. The van der Waals surface area contributed by atoms with Gasteiger partial charge in [-0.1, -0.05) is 0 Å². The van der Waals surface area contributed by atoms with Crippen LogP contribution >= 0.6 is 0 Å². The summed E-state index contributed by atoms with van der Waals surface area (Å²) in [5, 5.41) is 8.90. The van der Waals surface area contributed by atoms with Gasteiger partial charge in [0.25, 0.3) is 5.91 Å². The van der Waals surface area contributed by atoms with Crippen molar-refractivity contribution in [1.29, 1.82) is 5.26 Å². The van der Waals surface area contributed by atoms with Crippen molar-refractivity contribution in [2.75, 3.05) is 0 Å². The lowest BCUT2D eigenvalue weighted by molar-refractivity contribution is -0.162. The molecule has 148 valence electrons. The minimum atomic E-state index is -0.979. The predicted molar refractivity (Wildman–Crippen MR) is 93.2 cm³/mol. The number of nitriles is 1. The molecule has 0 bridgehead atoms. The topological polar surface area (TPSA) is 88.3 Å². The standard InChI is InChI=1S/C20H16F2N4O3/c21-12-5-11(6-13(22)7-12)16-1-2-17-26(16)18(27)20(29-17)8-15(9-20)28-19-24-4-3-14(10-23)25-19/h3-7,15-17H,1-2,8-9H2/t15?,16-,17+,20?/m0/s1. The van der Waals surface area contributed by atoms with Gasteiger partial charge in [0.15, 0.2) is 5.60 Å². The highest BCUT2D eigenvalue weighted by Crippen LogP contribution is 2.51. The molecular formula is C20H16F2N4O3. The Bertz CT molecular complexity index is 1010. The Labute approximate surface area is 164 Å². The van der Waals surface area contributed by atoms with Crippen molar-refractivity contribution in [1.82, 2.24) is 14.9 Å². The number of rotatable bonds is 3. The zero-order valence-corrected chi connectivity index (χ0v) is 15.2. The molecule has 3 aliphatic rings. The molecule has 1 aromatic heterocycles.